The van der Waals surface area contributed by atoms with Crippen LogP contribution in [0.1, 0.15) is 51.5 Å². The zero-order valence-electron chi connectivity index (χ0n) is 37.8. The Labute approximate surface area is 417 Å². The standard InChI is InChI=1S/C17H19NO.C16H17NO.C13H13N.C4H9NO.C3H5ClO.ClH.2H2O.Pd/c1-19-16-12-18(13-16)17(14-8-4-2-5-9-14)15-10-6-3-7-11-15;18-15-11-17(12-15)16(13-7-3-1-4-8-13)14-9-5-2-6-10-14;14-13(11-7-3-1-4-8-11)12-9-5-2-6-10-12;1-6-4-2-5-3-4;4-1-3-2-5-3;;;;/h2-11,16-17H,12-13H2,1H3;1-10,15-16,18H,11-12H2;1-10,13H,14H2;4-5H,2-3H2,1H3;3H,1-2H2;1H;2*1H2;. The molecule has 10 nitrogen and oxygen atoms in total. The van der Waals surface area contributed by atoms with Crippen LogP contribution in [0.15, 0.2) is 182 Å². The second kappa shape index (κ2) is 32.0. The second-order valence-electron chi connectivity index (χ2n) is 15.8. The smallest absolute Gasteiger partial charge is 0.0944 e. The van der Waals surface area contributed by atoms with E-state index in [2.05, 4.69) is 149 Å². The Hall–Kier alpha value is -3.84. The summed E-state index contributed by atoms with van der Waals surface area (Å²) in [5, 5.41) is 12.6. The first-order valence-corrected chi connectivity index (χ1v) is 22.2. The zero-order valence-corrected chi connectivity index (χ0v) is 40.9. The van der Waals surface area contributed by atoms with Crippen molar-refractivity contribution in [2.24, 2.45) is 5.73 Å². The number of epoxide rings is 1. The van der Waals surface area contributed by atoms with Crippen LogP contribution in [-0.2, 0) is 34.6 Å². The number of halogens is 2. The summed E-state index contributed by atoms with van der Waals surface area (Å²) in [4.78, 5) is 4.79. The molecule has 6 aromatic carbocycles. The van der Waals surface area contributed by atoms with Crippen molar-refractivity contribution in [3.8, 4) is 0 Å². The van der Waals surface area contributed by atoms with E-state index in [0.717, 1.165) is 57.0 Å². The number of alkyl halides is 1. The van der Waals surface area contributed by atoms with Crippen molar-refractivity contribution in [3.05, 3.63) is 215 Å². The molecule has 0 aromatic heterocycles. The number of β-amino-alcohol motifs (C(OH)–C–C–N with tert-alkyl or cyclic N) is 1. The number of nitrogens with two attached hydrogens (primary N) is 1. The van der Waals surface area contributed by atoms with E-state index in [4.69, 9.17) is 31.5 Å². The van der Waals surface area contributed by atoms with Crippen molar-refractivity contribution in [2.75, 3.05) is 66.0 Å². The Balaban J connectivity index is 0.000000298. The van der Waals surface area contributed by atoms with Gasteiger partial charge in [-0.15, -0.1) is 24.0 Å². The largest absolute Gasteiger partial charge is 0.412 e. The molecular weight excluding hydrogens is 966 g/mol. The van der Waals surface area contributed by atoms with Gasteiger partial charge in [0.05, 0.1) is 55.0 Å². The normalized spacial score (nSPS) is 16.3. The fourth-order valence-corrected chi connectivity index (χ4v) is 7.58. The number of methoxy groups -OCH3 is 2. The Morgan fingerprint density at radius 2 is 0.848 bits per heavy atom. The van der Waals surface area contributed by atoms with E-state index in [1.165, 1.54) is 22.3 Å². The molecule has 13 heteroatoms. The maximum absolute atomic E-state index is 9.52. The summed E-state index contributed by atoms with van der Waals surface area (Å²) >= 11 is 5.27. The Morgan fingerprint density at radius 1 is 0.561 bits per heavy atom. The van der Waals surface area contributed by atoms with E-state index in [-0.39, 0.29) is 62.0 Å². The van der Waals surface area contributed by atoms with Crippen LogP contribution in [0, 0.1) is 0 Å². The van der Waals surface area contributed by atoms with Crippen molar-refractivity contribution < 1.29 is 50.7 Å². The van der Waals surface area contributed by atoms with E-state index >= 15 is 0 Å². The molecule has 6 aromatic rings. The van der Waals surface area contributed by atoms with E-state index in [9.17, 15) is 5.11 Å². The van der Waals surface area contributed by atoms with E-state index in [1.54, 1.807) is 14.2 Å². The second-order valence-corrected chi connectivity index (χ2v) is 16.1. The molecule has 4 saturated heterocycles. The van der Waals surface area contributed by atoms with Gasteiger partial charge in [0.1, 0.15) is 0 Å². The molecule has 0 aliphatic carbocycles. The van der Waals surface area contributed by atoms with Gasteiger partial charge >= 0.3 is 0 Å². The number of aliphatic hydroxyl groups excluding tert-OH is 1. The van der Waals surface area contributed by atoms with Crippen LogP contribution in [0.2, 0.25) is 0 Å². The molecule has 66 heavy (non-hydrogen) atoms. The quantitative estimate of drug-likeness (QED) is 0.0694. The maximum Gasteiger partial charge on any atom is 0.0944 e. The van der Waals surface area contributed by atoms with Gasteiger partial charge in [-0.25, -0.2) is 0 Å². The average Bonchev–Trinajstić information content (AvgIpc) is 4.15. The molecule has 10 rings (SSSR count). The zero-order chi connectivity index (χ0) is 43.4. The van der Waals surface area contributed by atoms with Crippen molar-refractivity contribution in [2.45, 2.75) is 42.5 Å². The minimum Gasteiger partial charge on any atom is -0.412 e. The number of ether oxygens (including phenoxy) is 3. The molecule has 1 atom stereocenters. The Morgan fingerprint density at radius 3 is 1.05 bits per heavy atom. The molecule has 0 bridgehead atoms. The molecule has 0 spiro atoms. The van der Waals surface area contributed by atoms with Crippen LogP contribution in [0.25, 0.3) is 0 Å². The number of hydrogen-bond donors (Lipinski definition) is 3. The van der Waals surface area contributed by atoms with E-state index in [0.29, 0.717) is 30.2 Å². The summed E-state index contributed by atoms with van der Waals surface area (Å²) in [6, 6.07) is 63.2. The number of likely N-dealkylation sites (tertiary alicyclic amines) is 2. The van der Waals surface area contributed by atoms with Gasteiger partial charge in [0.15, 0.2) is 0 Å². The van der Waals surface area contributed by atoms with Crippen LogP contribution in [0.4, 0.5) is 0 Å². The number of aliphatic hydroxyl groups is 1. The molecule has 8 N–H and O–H groups in total. The first-order valence-electron chi connectivity index (χ1n) is 21.6. The van der Waals surface area contributed by atoms with Crippen LogP contribution in [0.5, 0.6) is 0 Å². The van der Waals surface area contributed by atoms with Crippen LogP contribution in [0.3, 0.4) is 0 Å². The first kappa shape index (κ1) is 58.3. The molecule has 4 fully saturated rings. The minimum absolute atomic E-state index is 0. The summed E-state index contributed by atoms with van der Waals surface area (Å²) in [5.74, 6) is 0.667. The van der Waals surface area contributed by atoms with Gasteiger partial charge in [0.2, 0.25) is 0 Å². The monoisotopic (exact) mass is 1030 g/mol. The number of benzene rings is 6. The van der Waals surface area contributed by atoms with Crippen molar-refractivity contribution in [1.82, 2.24) is 15.1 Å². The predicted molar refractivity (Wildman–Crippen MR) is 267 cm³/mol. The first-order chi connectivity index (χ1) is 30.5. The molecule has 0 amide bonds. The van der Waals surface area contributed by atoms with Gasteiger partial charge in [-0.3, -0.25) is 9.80 Å². The summed E-state index contributed by atoms with van der Waals surface area (Å²) in [7, 11) is 3.54. The van der Waals surface area contributed by atoms with E-state index in [1.807, 2.05) is 48.5 Å². The molecule has 4 aliphatic rings. The molecule has 0 saturated carbocycles. The number of hydrogen-bond acceptors (Lipinski definition) is 8. The third-order valence-corrected chi connectivity index (χ3v) is 11.6. The SMILES string of the molecule is COC1CN(C(c2ccccc2)c2ccccc2)C1.COC1CNC1.Cl.ClCC1CO1.NC(c1ccccc1)c1ccccc1.O.O.OC1CN(C(c2ccccc2)c2ccccc2)C1.[Pd]. The van der Waals surface area contributed by atoms with Crippen LogP contribution >= 0.6 is 24.0 Å². The fourth-order valence-electron chi connectivity index (χ4n) is 7.40. The summed E-state index contributed by atoms with van der Waals surface area (Å²) in [5.41, 5.74) is 13.7. The third-order valence-electron chi connectivity index (χ3n) is 11.3. The topological polar surface area (TPSA) is 159 Å². The van der Waals surface area contributed by atoms with Gasteiger partial charge in [-0.05, 0) is 33.4 Å². The number of rotatable bonds is 11. The number of nitrogens with zero attached hydrogens (tertiary/aromatic N) is 2. The van der Waals surface area contributed by atoms with Gasteiger partial charge in [-0.2, -0.15) is 0 Å². The molecular formula is C53H68Cl2N4O6Pd. The van der Waals surface area contributed by atoms with Gasteiger partial charge in [0, 0.05) is 73.9 Å². The summed E-state index contributed by atoms with van der Waals surface area (Å²) in [6.45, 7) is 6.48. The molecule has 4 aliphatic heterocycles. The van der Waals surface area contributed by atoms with Gasteiger partial charge in [0.25, 0.3) is 0 Å². The van der Waals surface area contributed by atoms with Crippen LogP contribution < -0.4 is 11.1 Å². The average molecular weight is 1030 g/mol. The molecule has 0 radical (unpaired) electrons. The summed E-state index contributed by atoms with van der Waals surface area (Å²) < 4.78 is 15.0. The van der Waals surface area contributed by atoms with E-state index < -0.39 is 0 Å². The molecule has 360 valence electrons. The number of nitrogens with one attached hydrogen (secondary N) is 1. The predicted octanol–water partition coefficient (Wildman–Crippen LogP) is 7.29. The minimum atomic E-state index is -0.167. The summed E-state index contributed by atoms with van der Waals surface area (Å²) in [6.07, 6.45) is 1.12. The van der Waals surface area contributed by atoms with Gasteiger partial charge < -0.3 is 41.3 Å². The third kappa shape index (κ3) is 18.3. The Bertz CT molecular complexity index is 1950. The van der Waals surface area contributed by atoms with Crippen molar-refractivity contribution in [3.63, 3.8) is 0 Å². The fraction of sp³-hybridized carbons (Fsp3) is 0.321. The van der Waals surface area contributed by atoms with Crippen molar-refractivity contribution >= 4 is 24.0 Å². The maximum atomic E-state index is 9.52. The van der Waals surface area contributed by atoms with Gasteiger partial charge in [-0.1, -0.05) is 182 Å². The molecule has 4 heterocycles. The van der Waals surface area contributed by atoms with Crippen molar-refractivity contribution in [1.29, 1.82) is 0 Å². The molecule has 1 unspecified atom stereocenters. The Kier molecular flexibility index (Phi) is 28.3. The van der Waals surface area contributed by atoms with Crippen LogP contribution in [-0.4, -0.2) is 116 Å².